The lowest BCUT2D eigenvalue weighted by atomic mass is 10.2. The summed E-state index contributed by atoms with van der Waals surface area (Å²) in [4.78, 5) is 14.1. The average Bonchev–Trinajstić information content (AvgIpc) is 2.49. The molecule has 1 aliphatic rings. The number of rotatable bonds is 4. The van der Waals surface area contributed by atoms with E-state index in [9.17, 15) is 0 Å². The molecule has 2 aromatic rings. The van der Waals surface area contributed by atoms with Gasteiger partial charge in [0.2, 0.25) is 0 Å². The molecule has 0 radical (unpaired) electrons. The summed E-state index contributed by atoms with van der Waals surface area (Å²) in [7, 11) is 0. The number of nitrogens with zero attached hydrogens (tertiary/aromatic N) is 4. The number of hydrogen-bond donors (Lipinski definition) is 1. The van der Waals surface area contributed by atoms with E-state index in [0.717, 1.165) is 55.4 Å². The van der Waals surface area contributed by atoms with Gasteiger partial charge in [0, 0.05) is 38.1 Å². The molecule has 1 fully saturated rings. The van der Waals surface area contributed by atoms with E-state index in [1.54, 1.807) is 0 Å². The minimum Gasteiger partial charge on any atom is -0.383 e. The van der Waals surface area contributed by atoms with Gasteiger partial charge in [0.05, 0.1) is 12.1 Å². The number of anilines is 1. The summed E-state index contributed by atoms with van der Waals surface area (Å²) in [6.45, 7) is 10.9. The van der Waals surface area contributed by atoms with Crippen molar-refractivity contribution in [2.75, 3.05) is 38.5 Å². The van der Waals surface area contributed by atoms with Crippen molar-refractivity contribution < 1.29 is 0 Å². The zero-order valence-electron chi connectivity index (χ0n) is 13.5. The zero-order chi connectivity index (χ0) is 15.5. The molecule has 1 aromatic heterocycles. The van der Waals surface area contributed by atoms with Gasteiger partial charge in [0.25, 0.3) is 0 Å². The lowest BCUT2D eigenvalue weighted by Crippen LogP contribution is -2.47. The lowest BCUT2D eigenvalue weighted by Gasteiger charge is -2.35. The Morgan fingerprint density at radius 1 is 1.05 bits per heavy atom. The molecule has 0 atom stereocenters. The van der Waals surface area contributed by atoms with E-state index < -0.39 is 0 Å². The standard InChI is InChI=1S/C17H25N5/c1-13(2)11-21-7-9-22(10-8-21)12-16-19-15-6-4-3-5-14(15)17(18)20-16/h3-6,13H,7-12H2,1-2H3,(H2,18,19,20). The molecule has 0 saturated carbocycles. The van der Waals surface area contributed by atoms with E-state index >= 15 is 0 Å². The van der Waals surface area contributed by atoms with E-state index in [2.05, 4.69) is 33.6 Å². The SMILES string of the molecule is CC(C)CN1CCN(Cc2nc(N)c3ccccc3n2)CC1. The molecular weight excluding hydrogens is 274 g/mol. The minimum absolute atomic E-state index is 0.582. The summed E-state index contributed by atoms with van der Waals surface area (Å²) < 4.78 is 0. The molecule has 5 heteroatoms. The van der Waals surface area contributed by atoms with Crippen LogP contribution in [-0.2, 0) is 6.54 Å². The van der Waals surface area contributed by atoms with Crippen LogP contribution in [0.25, 0.3) is 10.9 Å². The number of nitrogens with two attached hydrogens (primary N) is 1. The molecule has 1 aromatic carbocycles. The number of para-hydroxylation sites is 1. The van der Waals surface area contributed by atoms with Crippen molar-refractivity contribution >= 4 is 16.7 Å². The maximum absolute atomic E-state index is 6.06. The van der Waals surface area contributed by atoms with Crippen LogP contribution < -0.4 is 5.73 Å². The second-order valence-corrected chi connectivity index (χ2v) is 6.51. The van der Waals surface area contributed by atoms with E-state index in [-0.39, 0.29) is 0 Å². The summed E-state index contributed by atoms with van der Waals surface area (Å²) in [6, 6.07) is 7.93. The summed E-state index contributed by atoms with van der Waals surface area (Å²) in [5.41, 5.74) is 6.99. The van der Waals surface area contributed by atoms with Crippen molar-refractivity contribution in [2.24, 2.45) is 5.92 Å². The largest absolute Gasteiger partial charge is 0.383 e. The molecule has 5 nitrogen and oxygen atoms in total. The Morgan fingerprint density at radius 2 is 1.73 bits per heavy atom. The maximum Gasteiger partial charge on any atom is 0.145 e. The summed E-state index contributed by atoms with van der Waals surface area (Å²) in [6.07, 6.45) is 0. The van der Waals surface area contributed by atoms with Crippen LogP contribution >= 0.6 is 0 Å². The van der Waals surface area contributed by atoms with Crippen LogP contribution in [0.15, 0.2) is 24.3 Å². The Kier molecular flexibility index (Phi) is 4.55. The van der Waals surface area contributed by atoms with Crippen LogP contribution in [-0.4, -0.2) is 52.5 Å². The Balaban J connectivity index is 1.65. The van der Waals surface area contributed by atoms with Crippen molar-refractivity contribution in [3.63, 3.8) is 0 Å². The molecule has 0 unspecified atom stereocenters. The van der Waals surface area contributed by atoms with Crippen molar-refractivity contribution in [1.82, 2.24) is 19.8 Å². The predicted octanol–water partition coefficient (Wildman–Crippen LogP) is 1.99. The fourth-order valence-electron chi connectivity index (χ4n) is 3.07. The second-order valence-electron chi connectivity index (χ2n) is 6.51. The highest BCUT2D eigenvalue weighted by molar-refractivity contribution is 5.87. The first-order valence-electron chi connectivity index (χ1n) is 8.07. The first kappa shape index (κ1) is 15.2. The Morgan fingerprint density at radius 3 is 2.45 bits per heavy atom. The molecule has 3 rings (SSSR count). The maximum atomic E-state index is 6.06. The topological polar surface area (TPSA) is 58.3 Å². The third-order valence-corrected chi connectivity index (χ3v) is 4.13. The van der Waals surface area contributed by atoms with Gasteiger partial charge in [-0.05, 0) is 18.1 Å². The summed E-state index contributed by atoms with van der Waals surface area (Å²) >= 11 is 0. The molecule has 22 heavy (non-hydrogen) atoms. The number of nitrogen functional groups attached to an aromatic ring is 1. The zero-order valence-corrected chi connectivity index (χ0v) is 13.5. The van der Waals surface area contributed by atoms with Crippen LogP contribution in [0.2, 0.25) is 0 Å². The van der Waals surface area contributed by atoms with Crippen molar-refractivity contribution in [3.05, 3.63) is 30.1 Å². The van der Waals surface area contributed by atoms with Gasteiger partial charge in [-0.25, -0.2) is 9.97 Å². The van der Waals surface area contributed by atoms with Crippen LogP contribution in [0.4, 0.5) is 5.82 Å². The van der Waals surface area contributed by atoms with Crippen molar-refractivity contribution in [1.29, 1.82) is 0 Å². The van der Waals surface area contributed by atoms with E-state index in [1.807, 2.05) is 24.3 Å². The molecule has 1 aliphatic heterocycles. The monoisotopic (exact) mass is 299 g/mol. The quantitative estimate of drug-likeness (QED) is 0.935. The molecule has 2 N–H and O–H groups in total. The number of piperazine rings is 1. The molecule has 1 saturated heterocycles. The Bertz CT molecular complexity index is 632. The van der Waals surface area contributed by atoms with Gasteiger partial charge in [0.1, 0.15) is 11.6 Å². The Labute approximate surface area is 132 Å². The Hall–Kier alpha value is -1.72. The van der Waals surface area contributed by atoms with Gasteiger partial charge in [-0.2, -0.15) is 0 Å². The summed E-state index contributed by atoms with van der Waals surface area (Å²) in [5, 5.41) is 0.938. The summed E-state index contributed by atoms with van der Waals surface area (Å²) in [5.74, 6) is 2.14. The molecule has 2 heterocycles. The third kappa shape index (κ3) is 3.54. The van der Waals surface area contributed by atoms with E-state index in [4.69, 9.17) is 5.73 Å². The van der Waals surface area contributed by atoms with Crippen LogP contribution in [0.1, 0.15) is 19.7 Å². The minimum atomic E-state index is 0.582. The molecule has 0 bridgehead atoms. The van der Waals surface area contributed by atoms with Gasteiger partial charge in [-0.15, -0.1) is 0 Å². The van der Waals surface area contributed by atoms with Crippen LogP contribution in [0, 0.1) is 5.92 Å². The smallest absolute Gasteiger partial charge is 0.145 e. The van der Waals surface area contributed by atoms with Gasteiger partial charge < -0.3 is 10.6 Å². The van der Waals surface area contributed by atoms with E-state index in [0.29, 0.717) is 5.82 Å². The normalized spacial score (nSPS) is 17.4. The molecule has 118 valence electrons. The van der Waals surface area contributed by atoms with Crippen molar-refractivity contribution in [3.8, 4) is 0 Å². The third-order valence-electron chi connectivity index (χ3n) is 4.13. The molecule has 0 aliphatic carbocycles. The highest BCUT2D eigenvalue weighted by Gasteiger charge is 2.18. The number of aromatic nitrogens is 2. The van der Waals surface area contributed by atoms with Gasteiger partial charge in [-0.1, -0.05) is 26.0 Å². The molecular formula is C17H25N5. The first-order chi connectivity index (χ1) is 10.6. The fourth-order valence-corrected chi connectivity index (χ4v) is 3.07. The second kappa shape index (κ2) is 6.58. The van der Waals surface area contributed by atoms with Gasteiger partial charge in [-0.3, -0.25) is 4.90 Å². The van der Waals surface area contributed by atoms with E-state index in [1.165, 1.54) is 6.54 Å². The van der Waals surface area contributed by atoms with Crippen LogP contribution in [0.5, 0.6) is 0 Å². The fraction of sp³-hybridized carbons (Fsp3) is 0.529. The van der Waals surface area contributed by atoms with Gasteiger partial charge in [0.15, 0.2) is 0 Å². The lowest BCUT2D eigenvalue weighted by molar-refractivity contribution is 0.115. The number of hydrogen-bond acceptors (Lipinski definition) is 5. The molecule has 0 spiro atoms. The molecule has 0 amide bonds. The van der Waals surface area contributed by atoms with Gasteiger partial charge >= 0.3 is 0 Å². The average molecular weight is 299 g/mol. The van der Waals surface area contributed by atoms with Crippen molar-refractivity contribution in [2.45, 2.75) is 20.4 Å². The van der Waals surface area contributed by atoms with Crippen LogP contribution in [0.3, 0.4) is 0 Å². The first-order valence-corrected chi connectivity index (χ1v) is 8.07. The highest BCUT2D eigenvalue weighted by Crippen LogP contribution is 2.18. The number of benzene rings is 1. The predicted molar refractivity (Wildman–Crippen MR) is 90.5 cm³/mol. The highest BCUT2D eigenvalue weighted by atomic mass is 15.3. The number of fused-ring (bicyclic) bond motifs is 1.